The van der Waals surface area contributed by atoms with Crippen LogP contribution in [0.4, 0.5) is 9.18 Å². The van der Waals surface area contributed by atoms with Crippen LogP contribution < -0.4 is 10.6 Å². The Balaban J connectivity index is 1.86. The lowest BCUT2D eigenvalue weighted by Crippen LogP contribution is -2.42. The number of urea groups is 1. The summed E-state index contributed by atoms with van der Waals surface area (Å²) in [7, 11) is 3.94. The molecule has 0 saturated carbocycles. The van der Waals surface area contributed by atoms with Crippen molar-refractivity contribution >= 4 is 6.03 Å². The fraction of sp³-hybridized carbons (Fsp3) is 0.316. The van der Waals surface area contributed by atoms with E-state index in [1.54, 1.807) is 6.07 Å². The zero-order valence-corrected chi connectivity index (χ0v) is 14.1. The van der Waals surface area contributed by atoms with E-state index >= 15 is 0 Å². The Labute approximate surface area is 142 Å². The van der Waals surface area contributed by atoms with Crippen molar-refractivity contribution in [2.75, 3.05) is 27.2 Å². The van der Waals surface area contributed by atoms with Gasteiger partial charge in [-0.3, -0.25) is 0 Å². The van der Waals surface area contributed by atoms with Gasteiger partial charge in [0.1, 0.15) is 5.82 Å². The third kappa shape index (κ3) is 6.01. The summed E-state index contributed by atoms with van der Waals surface area (Å²) < 4.78 is 13.1. The van der Waals surface area contributed by atoms with Crippen molar-refractivity contribution in [3.8, 4) is 0 Å². The normalized spacial score (nSPS) is 12.0. The maximum absolute atomic E-state index is 13.1. The molecule has 4 nitrogen and oxygen atoms in total. The zero-order chi connectivity index (χ0) is 17.4. The van der Waals surface area contributed by atoms with Crippen LogP contribution in [0.25, 0.3) is 0 Å². The Morgan fingerprint density at radius 3 is 2.54 bits per heavy atom. The standard InChI is InChI=1S/C19H24FN3O/c1-23(2)14-18(16-8-4-3-5-9-16)22-19(24)21-12-11-15-7-6-10-17(20)13-15/h3-10,13,18H,11-12,14H2,1-2H3,(H2,21,22,24). The molecule has 1 atom stereocenters. The monoisotopic (exact) mass is 329 g/mol. The molecule has 2 N–H and O–H groups in total. The first-order valence-electron chi connectivity index (χ1n) is 8.03. The van der Waals surface area contributed by atoms with E-state index in [4.69, 9.17) is 0 Å². The van der Waals surface area contributed by atoms with Crippen LogP contribution in [0.3, 0.4) is 0 Å². The van der Waals surface area contributed by atoms with Gasteiger partial charge in [-0.05, 0) is 43.8 Å². The minimum Gasteiger partial charge on any atom is -0.338 e. The first-order valence-corrected chi connectivity index (χ1v) is 8.03. The average molecular weight is 329 g/mol. The highest BCUT2D eigenvalue weighted by atomic mass is 19.1. The van der Waals surface area contributed by atoms with Gasteiger partial charge >= 0.3 is 6.03 Å². The predicted octanol–water partition coefficient (Wildman–Crippen LogP) is 2.97. The van der Waals surface area contributed by atoms with Crippen LogP contribution in [-0.2, 0) is 6.42 Å². The van der Waals surface area contributed by atoms with E-state index in [9.17, 15) is 9.18 Å². The SMILES string of the molecule is CN(C)CC(NC(=O)NCCc1cccc(F)c1)c1ccccc1. The highest BCUT2D eigenvalue weighted by Gasteiger charge is 2.15. The van der Waals surface area contributed by atoms with Gasteiger partial charge in [-0.1, -0.05) is 42.5 Å². The number of hydrogen-bond donors (Lipinski definition) is 2. The van der Waals surface area contributed by atoms with E-state index in [0.29, 0.717) is 19.5 Å². The largest absolute Gasteiger partial charge is 0.338 e. The topological polar surface area (TPSA) is 44.4 Å². The molecule has 0 aliphatic carbocycles. The number of halogens is 1. The minimum atomic E-state index is -0.257. The lowest BCUT2D eigenvalue weighted by atomic mass is 10.1. The van der Waals surface area contributed by atoms with Crippen molar-refractivity contribution in [3.63, 3.8) is 0 Å². The van der Waals surface area contributed by atoms with Gasteiger partial charge in [0.25, 0.3) is 0 Å². The Kier molecular flexibility index (Phi) is 6.75. The molecule has 0 heterocycles. The molecule has 0 radical (unpaired) electrons. The molecule has 2 aromatic rings. The van der Waals surface area contributed by atoms with Gasteiger partial charge in [0.2, 0.25) is 0 Å². The summed E-state index contributed by atoms with van der Waals surface area (Å²) in [5.41, 5.74) is 1.93. The number of nitrogens with one attached hydrogen (secondary N) is 2. The summed E-state index contributed by atoms with van der Waals surface area (Å²) in [6.07, 6.45) is 0.592. The Morgan fingerprint density at radius 1 is 1.12 bits per heavy atom. The molecule has 0 aliphatic rings. The molecule has 0 bridgehead atoms. The number of benzene rings is 2. The molecule has 0 aromatic heterocycles. The molecular formula is C19H24FN3O. The molecule has 24 heavy (non-hydrogen) atoms. The molecule has 2 aromatic carbocycles. The number of hydrogen-bond acceptors (Lipinski definition) is 2. The lowest BCUT2D eigenvalue weighted by molar-refractivity contribution is 0.233. The second-order valence-electron chi connectivity index (χ2n) is 6.01. The van der Waals surface area contributed by atoms with E-state index < -0.39 is 0 Å². The van der Waals surface area contributed by atoms with E-state index in [1.807, 2.05) is 55.4 Å². The second kappa shape index (κ2) is 9.03. The zero-order valence-electron chi connectivity index (χ0n) is 14.1. The summed E-state index contributed by atoms with van der Waals surface area (Å²) in [5, 5.41) is 5.83. The first-order chi connectivity index (χ1) is 11.5. The maximum Gasteiger partial charge on any atom is 0.315 e. The van der Waals surface area contributed by atoms with Gasteiger partial charge in [-0.25, -0.2) is 9.18 Å². The highest BCUT2D eigenvalue weighted by molar-refractivity contribution is 5.74. The summed E-state index contributed by atoms with van der Waals surface area (Å²) in [4.78, 5) is 14.2. The summed E-state index contributed by atoms with van der Waals surface area (Å²) in [5.74, 6) is -0.257. The van der Waals surface area contributed by atoms with Crippen LogP contribution in [0.5, 0.6) is 0 Å². The fourth-order valence-corrected chi connectivity index (χ4v) is 2.51. The number of likely N-dealkylation sites (N-methyl/N-ethyl adjacent to an activating group) is 1. The first kappa shape index (κ1) is 17.9. The molecule has 1 unspecified atom stereocenters. The highest BCUT2D eigenvalue weighted by Crippen LogP contribution is 2.13. The quantitative estimate of drug-likeness (QED) is 0.820. The fourth-order valence-electron chi connectivity index (χ4n) is 2.51. The maximum atomic E-state index is 13.1. The van der Waals surface area contributed by atoms with Crippen molar-refractivity contribution in [3.05, 3.63) is 71.5 Å². The number of rotatable bonds is 7. The summed E-state index contributed by atoms with van der Waals surface area (Å²) in [6.45, 7) is 1.17. The van der Waals surface area contributed by atoms with Crippen LogP contribution >= 0.6 is 0 Å². The average Bonchev–Trinajstić information content (AvgIpc) is 2.55. The van der Waals surface area contributed by atoms with Gasteiger partial charge in [0.05, 0.1) is 6.04 Å². The van der Waals surface area contributed by atoms with Gasteiger partial charge in [-0.2, -0.15) is 0 Å². The Hall–Kier alpha value is -2.40. The van der Waals surface area contributed by atoms with Gasteiger partial charge in [0, 0.05) is 13.1 Å². The molecule has 0 spiro atoms. The molecule has 0 aliphatic heterocycles. The molecular weight excluding hydrogens is 305 g/mol. The Morgan fingerprint density at radius 2 is 1.88 bits per heavy atom. The smallest absolute Gasteiger partial charge is 0.315 e. The van der Waals surface area contributed by atoms with E-state index in [-0.39, 0.29) is 17.9 Å². The van der Waals surface area contributed by atoms with Crippen LogP contribution in [0.2, 0.25) is 0 Å². The minimum absolute atomic E-state index is 0.0876. The molecule has 5 heteroatoms. The van der Waals surface area contributed by atoms with Gasteiger partial charge in [-0.15, -0.1) is 0 Å². The predicted molar refractivity (Wildman–Crippen MR) is 94.4 cm³/mol. The third-order valence-corrected chi connectivity index (χ3v) is 3.64. The van der Waals surface area contributed by atoms with Gasteiger partial charge < -0.3 is 15.5 Å². The number of carbonyl (C=O) groups excluding carboxylic acids is 1. The number of amides is 2. The van der Waals surface area contributed by atoms with Crippen molar-refractivity contribution in [2.45, 2.75) is 12.5 Å². The number of carbonyl (C=O) groups is 1. The van der Waals surface area contributed by atoms with Crippen LogP contribution in [0.1, 0.15) is 17.2 Å². The molecule has 2 rings (SSSR count). The van der Waals surface area contributed by atoms with E-state index in [2.05, 4.69) is 10.6 Å². The van der Waals surface area contributed by atoms with Crippen molar-refractivity contribution < 1.29 is 9.18 Å². The second-order valence-corrected chi connectivity index (χ2v) is 6.01. The lowest BCUT2D eigenvalue weighted by Gasteiger charge is -2.23. The molecule has 0 fully saturated rings. The summed E-state index contributed by atoms with van der Waals surface area (Å²) >= 11 is 0. The summed E-state index contributed by atoms with van der Waals surface area (Å²) in [6, 6.07) is 16.0. The van der Waals surface area contributed by atoms with Crippen LogP contribution in [-0.4, -0.2) is 38.1 Å². The molecule has 128 valence electrons. The Bertz CT molecular complexity index is 646. The number of nitrogens with zero attached hydrogens (tertiary/aromatic N) is 1. The molecule has 2 amide bonds. The van der Waals surface area contributed by atoms with Gasteiger partial charge in [0.15, 0.2) is 0 Å². The van der Waals surface area contributed by atoms with Crippen molar-refractivity contribution in [2.24, 2.45) is 0 Å². The van der Waals surface area contributed by atoms with E-state index in [1.165, 1.54) is 12.1 Å². The van der Waals surface area contributed by atoms with Crippen LogP contribution in [0, 0.1) is 5.82 Å². The van der Waals surface area contributed by atoms with Crippen molar-refractivity contribution in [1.82, 2.24) is 15.5 Å². The molecule has 0 saturated heterocycles. The van der Waals surface area contributed by atoms with Crippen LogP contribution in [0.15, 0.2) is 54.6 Å². The third-order valence-electron chi connectivity index (χ3n) is 3.64. The van der Waals surface area contributed by atoms with E-state index in [0.717, 1.165) is 11.1 Å². The van der Waals surface area contributed by atoms with Crippen molar-refractivity contribution in [1.29, 1.82) is 0 Å².